The van der Waals surface area contributed by atoms with E-state index in [0.717, 1.165) is 44.2 Å². The molecule has 0 saturated carbocycles. The second-order valence-corrected chi connectivity index (χ2v) is 7.51. The van der Waals surface area contributed by atoms with E-state index in [1.165, 1.54) is 5.56 Å². The Kier molecular flexibility index (Phi) is 6.29. The monoisotopic (exact) mass is 390 g/mol. The molecule has 1 amide bonds. The van der Waals surface area contributed by atoms with Crippen molar-refractivity contribution in [3.8, 4) is 11.5 Å². The zero-order chi connectivity index (χ0) is 19.9. The van der Waals surface area contributed by atoms with Gasteiger partial charge in [0, 0.05) is 43.4 Å². The standard InChI is InChI=1S/C23H26N4O2/c28-22(10-4-8-18-6-2-1-3-7-18)27-17-5-9-20(27)11-12-21-25-23(29-26-21)19-13-15-24-16-14-19/h1-3,6-7,13-16,20H,4-5,8-12,17H2. The minimum absolute atomic E-state index is 0.272. The van der Waals surface area contributed by atoms with Gasteiger partial charge in [0.1, 0.15) is 0 Å². The molecule has 29 heavy (non-hydrogen) atoms. The molecule has 3 heterocycles. The molecule has 3 aromatic rings. The number of hydrogen-bond acceptors (Lipinski definition) is 5. The molecule has 6 heteroatoms. The Morgan fingerprint density at radius 3 is 2.76 bits per heavy atom. The van der Waals surface area contributed by atoms with Gasteiger partial charge in [-0.25, -0.2) is 0 Å². The molecule has 0 bridgehead atoms. The summed E-state index contributed by atoms with van der Waals surface area (Å²) in [4.78, 5) is 23.3. The van der Waals surface area contributed by atoms with Crippen LogP contribution in [0, 0.1) is 0 Å². The molecule has 2 aromatic heterocycles. The highest BCUT2D eigenvalue weighted by atomic mass is 16.5. The first kappa shape index (κ1) is 19.3. The molecule has 1 aliphatic heterocycles. The minimum atomic E-state index is 0.272. The summed E-state index contributed by atoms with van der Waals surface area (Å²) >= 11 is 0. The molecule has 6 nitrogen and oxygen atoms in total. The van der Waals surface area contributed by atoms with Gasteiger partial charge in [0.2, 0.25) is 5.91 Å². The Balaban J connectivity index is 1.26. The Morgan fingerprint density at radius 2 is 1.93 bits per heavy atom. The highest BCUT2D eigenvalue weighted by molar-refractivity contribution is 5.76. The number of benzene rings is 1. The molecule has 1 saturated heterocycles. The molecule has 0 spiro atoms. The number of nitrogens with zero attached hydrogens (tertiary/aromatic N) is 4. The van der Waals surface area contributed by atoms with Crippen LogP contribution in [0.4, 0.5) is 0 Å². The Morgan fingerprint density at radius 1 is 1.10 bits per heavy atom. The van der Waals surface area contributed by atoms with E-state index >= 15 is 0 Å². The van der Waals surface area contributed by atoms with Crippen LogP contribution in [0.15, 0.2) is 59.4 Å². The first-order valence-electron chi connectivity index (χ1n) is 10.4. The van der Waals surface area contributed by atoms with Crippen molar-refractivity contribution >= 4 is 5.91 Å². The molecule has 4 rings (SSSR count). The van der Waals surface area contributed by atoms with Gasteiger partial charge in [0.15, 0.2) is 5.82 Å². The van der Waals surface area contributed by atoms with Gasteiger partial charge in [-0.2, -0.15) is 4.98 Å². The second-order valence-electron chi connectivity index (χ2n) is 7.51. The van der Waals surface area contributed by atoms with Gasteiger partial charge in [-0.3, -0.25) is 9.78 Å². The average Bonchev–Trinajstić information content (AvgIpc) is 3.43. The lowest BCUT2D eigenvalue weighted by molar-refractivity contribution is -0.132. The van der Waals surface area contributed by atoms with Crippen LogP contribution in [-0.4, -0.2) is 38.5 Å². The maximum absolute atomic E-state index is 12.7. The van der Waals surface area contributed by atoms with E-state index in [1.807, 2.05) is 30.3 Å². The van der Waals surface area contributed by atoms with E-state index < -0.39 is 0 Å². The van der Waals surface area contributed by atoms with Crippen LogP contribution in [0.5, 0.6) is 0 Å². The van der Waals surface area contributed by atoms with E-state index in [-0.39, 0.29) is 11.9 Å². The fraction of sp³-hybridized carbons (Fsp3) is 0.391. The fourth-order valence-electron chi connectivity index (χ4n) is 3.96. The number of pyridine rings is 1. The third kappa shape index (κ3) is 5.08. The van der Waals surface area contributed by atoms with Crippen molar-refractivity contribution in [3.63, 3.8) is 0 Å². The van der Waals surface area contributed by atoms with Gasteiger partial charge in [0.05, 0.1) is 0 Å². The van der Waals surface area contributed by atoms with Crippen LogP contribution < -0.4 is 0 Å². The van der Waals surface area contributed by atoms with E-state index in [4.69, 9.17) is 4.52 Å². The van der Waals surface area contributed by atoms with Gasteiger partial charge in [-0.05, 0) is 49.8 Å². The van der Waals surface area contributed by atoms with Crippen LogP contribution in [0.1, 0.15) is 43.5 Å². The predicted octanol–water partition coefficient (Wildman–Crippen LogP) is 4.08. The maximum Gasteiger partial charge on any atom is 0.258 e. The molecule has 0 radical (unpaired) electrons. The summed E-state index contributed by atoms with van der Waals surface area (Å²) in [5.41, 5.74) is 2.16. The number of carbonyl (C=O) groups is 1. The minimum Gasteiger partial charge on any atom is -0.340 e. The van der Waals surface area contributed by atoms with Crippen LogP contribution in [-0.2, 0) is 17.6 Å². The van der Waals surface area contributed by atoms with Gasteiger partial charge in [0.25, 0.3) is 5.89 Å². The van der Waals surface area contributed by atoms with E-state index in [2.05, 4.69) is 32.2 Å². The molecule has 1 atom stereocenters. The second kappa shape index (κ2) is 9.45. The molecule has 1 aromatic carbocycles. The predicted molar refractivity (Wildman–Crippen MR) is 110 cm³/mol. The molecule has 1 unspecified atom stereocenters. The lowest BCUT2D eigenvalue weighted by Gasteiger charge is -2.24. The highest BCUT2D eigenvalue weighted by Crippen LogP contribution is 2.24. The number of aromatic nitrogens is 3. The lowest BCUT2D eigenvalue weighted by atomic mass is 10.1. The van der Waals surface area contributed by atoms with E-state index in [0.29, 0.717) is 24.6 Å². The SMILES string of the molecule is O=C(CCCc1ccccc1)N1CCCC1CCc1noc(-c2ccncc2)n1. The van der Waals surface area contributed by atoms with Crippen molar-refractivity contribution in [3.05, 3.63) is 66.2 Å². The zero-order valence-electron chi connectivity index (χ0n) is 16.5. The van der Waals surface area contributed by atoms with Crippen molar-refractivity contribution in [1.29, 1.82) is 0 Å². The number of rotatable bonds is 8. The number of likely N-dealkylation sites (tertiary alicyclic amines) is 1. The quantitative estimate of drug-likeness (QED) is 0.579. The number of carbonyl (C=O) groups excluding carboxylic acids is 1. The third-order valence-electron chi connectivity index (χ3n) is 5.49. The normalized spacial score (nSPS) is 16.3. The van der Waals surface area contributed by atoms with Crippen molar-refractivity contribution in [2.75, 3.05) is 6.54 Å². The van der Waals surface area contributed by atoms with Crippen molar-refractivity contribution in [2.45, 2.75) is 51.0 Å². The summed E-state index contributed by atoms with van der Waals surface area (Å²) in [5, 5.41) is 4.10. The van der Waals surface area contributed by atoms with Gasteiger partial charge >= 0.3 is 0 Å². The lowest BCUT2D eigenvalue weighted by Crippen LogP contribution is -2.35. The number of amides is 1. The van der Waals surface area contributed by atoms with Crippen LogP contribution in [0.25, 0.3) is 11.5 Å². The summed E-state index contributed by atoms with van der Waals surface area (Å²) in [5.74, 6) is 1.48. The van der Waals surface area contributed by atoms with E-state index in [9.17, 15) is 4.79 Å². The van der Waals surface area contributed by atoms with Gasteiger partial charge in [-0.1, -0.05) is 35.5 Å². The summed E-state index contributed by atoms with van der Waals surface area (Å²) in [7, 11) is 0. The smallest absolute Gasteiger partial charge is 0.258 e. The van der Waals surface area contributed by atoms with Crippen LogP contribution in [0.3, 0.4) is 0 Å². The van der Waals surface area contributed by atoms with Gasteiger partial charge < -0.3 is 9.42 Å². The van der Waals surface area contributed by atoms with Crippen molar-refractivity contribution in [2.24, 2.45) is 0 Å². The average molecular weight is 390 g/mol. The largest absolute Gasteiger partial charge is 0.340 e. The topological polar surface area (TPSA) is 72.1 Å². The molecule has 1 aliphatic rings. The molecule has 150 valence electrons. The third-order valence-corrected chi connectivity index (χ3v) is 5.49. The number of aryl methyl sites for hydroxylation is 2. The highest BCUT2D eigenvalue weighted by Gasteiger charge is 2.28. The molecular weight excluding hydrogens is 364 g/mol. The van der Waals surface area contributed by atoms with Crippen molar-refractivity contribution < 1.29 is 9.32 Å². The van der Waals surface area contributed by atoms with Crippen molar-refractivity contribution in [1.82, 2.24) is 20.0 Å². The first-order valence-corrected chi connectivity index (χ1v) is 10.4. The molecule has 0 aliphatic carbocycles. The fourth-order valence-corrected chi connectivity index (χ4v) is 3.96. The number of hydrogen-bond donors (Lipinski definition) is 0. The Labute approximate surface area is 171 Å². The van der Waals surface area contributed by atoms with Gasteiger partial charge in [-0.15, -0.1) is 0 Å². The maximum atomic E-state index is 12.7. The summed E-state index contributed by atoms with van der Waals surface area (Å²) < 4.78 is 5.37. The molecular formula is C23H26N4O2. The summed E-state index contributed by atoms with van der Waals surface area (Å²) in [6.07, 6.45) is 9.59. The Hall–Kier alpha value is -3.02. The zero-order valence-corrected chi connectivity index (χ0v) is 16.5. The molecule has 0 N–H and O–H groups in total. The van der Waals surface area contributed by atoms with Crippen LogP contribution >= 0.6 is 0 Å². The molecule has 1 fully saturated rings. The summed E-state index contributed by atoms with van der Waals surface area (Å²) in [6, 6.07) is 14.3. The Bertz CT molecular complexity index is 911. The summed E-state index contributed by atoms with van der Waals surface area (Å²) in [6.45, 7) is 0.864. The van der Waals surface area contributed by atoms with Crippen LogP contribution in [0.2, 0.25) is 0 Å². The first-order chi connectivity index (χ1) is 14.3. The van der Waals surface area contributed by atoms with E-state index in [1.54, 1.807) is 12.4 Å².